The zero-order valence-corrected chi connectivity index (χ0v) is 13.9. The molecule has 126 valence electrons. The molecule has 0 bridgehead atoms. The highest BCUT2D eigenvalue weighted by atomic mass is 16.3. The van der Waals surface area contributed by atoms with Gasteiger partial charge in [-0.2, -0.15) is 0 Å². The normalized spacial score (nSPS) is 17.5. The summed E-state index contributed by atoms with van der Waals surface area (Å²) in [7, 11) is 0. The number of furan rings is 1. The summed E-state index contributed by atoms with van der Waals surface area (Å²) >= 11 is 0. The summed E-state index contributed by atoms with van der Waals surface area (Å²) in [6, 6.07) is 12.2. The van der Waals surface area contributed by atoms with Crippen LogP contribution in [0.5, 0.6) is 0 Å². The smallest absolute Gasteiger partial charge is 0.331 e. The van der Waals surface area contributed by atoms with Crippen LogP contribution in [-0.4, -0.2) is 29.4 Å². The van der Waals surface area contributed by atoms with Crippen molar-refractivity contribution in [1.29, 1.82) is 0 Å². The standard InChI is InChI=1S/C19H22N2O3/c1-2-15-9-6-7-13-20(15)19(23)21(16-10-4-3-5-11-16)18(22)17-12-8-14-24-17/h3-5,8,10-12,14-15H,2,6-7,9,13H2,1H3. The molecule has 0 spiro atoms. The molecular formula is C19H22N2O3. The molecule has 1 aromatic carbocycles. The highest BCUT2D eigenvalue weighted by molar-refractivity contribution is 6.19. The van der Waals surface area contributed by atoms with Crippen LogP contribution in [0.25, 0.3) is 0 Å². The monoisotopic (exact) mass is 326 g/mol. The van der Waals surface area contributed by atoms with Gasteiger partial charge in [-0.05, 0) is 49.9 Å². The fourth-order valence-electron chi connectivity index (χ4n) is 3.21. The molecule has 2 heterocycles. The first-order chi connectivity index (χ1) is 11.7. The van der Waals surface area contributed by atoms with Gasteiger partial charge in [-0.1, -0.05) is 25.1 Å². The molecule has 0 N–H and O–H groups in total. The number of para-hydroxylation sites is 1. The van der Waals surface area contributed by atoms with Crippen molar-refractivity contribution < 1.29 is 14.0 Å². The second-order valence-electron chi connectivity index (χ2n) is 5.99. The van der Waals surface area contributed by atoms with Crippen molar-refractivity contribution in [2.45, 2.75) is 38.6 Å². The number of carbonyl (C=O) groups is 2. The van der Waals surface area contributed by atoms with Gasteiger partial charge in [0.25, 0.3) is 0 Å². The van der Waals surface area contributed by atoms with Gasteiger partial charge >= 0.3 is 11.9 Å². The number of hydrogen-bond donors (Lipinski definition) is 0. The SMILES string of the molecule is CCC1CCCCN1C(=O)N(C(=O)c1ccco1)c1ccccc1. The first-order valence-electron chi connectivity index (χ1n) is 8.46. The molecule has 3 amide bonds. The number of carbonyl (C=O) groups excluding carboxylic acids is 2. The second-order valence-corrected chi connectivity index (χ2v) is 5.99. The van der Waals surface area contributed by atoms with Gasteiger partial charge < -0.3 is 9.32 Å². The summed E-state index contributed by atoms with van der Waals surface area (Å²) in [5.74, 6) is -0.270. The molecule has 5 nitrogen and oxygen atoms in total. The van der Waals surface area contributed by atoms with E-state index in [2.05, 4.69) is 6.92 Å². The molecule has 1 aliphatic rings. The van der Waals surface area contributed by atoms with Crippen LogP contribution in [0.4, 0.5) is 10.5 Å². The third-order valence-corrected chi connectivity index (χ3v) is 4.48. The molecule has 1 aromatic heterocycles. The lowest BCUT2D eigenvalue weighted by molar-refractivity contribution is 0.0947. The largest absolute Gasteiger partial charge is 0.459 e. The molecular weight excluding hydrogens is 304 g/mol. The van der Waals surface area contributed by atoms with E-state index in [4.69, 9.17) is 4.42 Å². The Hall–Kier alpha value is -2.56. The molecule has 1 unspecified atom stereocenters. The highest BCUT2D eigenvalue weighted by Crippen LogP contribution is 2.25. The van der Waals surface area contributed by atoms with Crippen molar-refractivity contribution >= 4 is 17.6 Å². The van der Waals surface area contributed by atoms with Crippen LogP contribution in [0.2, 0.25) is 0 Å². The number of rotatable bonds is 3. The molecule has 0 aliphatic carbocycles. The van der Waals surface area contributed by atoms with E-state index in [1.165, 1.54) is 11.2 Å². The van der Waals surface area contributed by atoms with Crippen molar-refractivity contribution in [3.63, 3.8) is 0 Å². The zero-order valence-electron chi connectivity index (χ0n) is 13.9. The van der Waals surface area contributed by atoms with Gasteiger partial charge in [0.15, 0.2) is 5.76 Å². The van der Waals surface area contributed by atoms with Gasteiger partial charge in [0.1, 0.15) is 0 Å². The summed E-state index contributed by atoms with van der Waals surface area (Å²) in [6.45, 7) is 2.77. The van der Waals surface area contributed by atoms with Gasteiger partial charge in [0.2, 0.25) is 0 Å². The average Bonchev–Trinajstić information content (AvgIpc) is 3.17. The Kier molecular flexibility index (Phi) is 4.99. The van der Waals surface area contributed by atoms with E-state index in [-0.39, 0.29) is 17.8 Å². The molecule has 3 rings (SSSR count). The average molecular weight is 326 g/mol. The Bertz CT molecular complexity index is 682. The van der Waals surface area contributed by atoms with Gasteiger partial charge in [-0.15, -0.1) is 0 Å². The number of anilines is 1. The first kappa shape index (κ1) is 16.3. The van der Waals surface area contributed by atoms with Crippen LogP contribution in [0.1, 0.15) is 43.2 Å². The zero-order chi connectivity index (χ0) is 16.9. The third kappa shape index (κ3) is 3.20. The van der Waals surface area contributed by atoms with E-state index in [1.54, 1.807) is 24.3 Å². The van der Waals surface area contributed by atoms with E-state index >= 15 is 0 Å². The van der Waals surface area contributed by atoms with Crippen molar-refractivity contribution in [1.82, 2.24) is 4.90 Å². The minimum atomic E-state index is -0.434. The van der Waals surface area contributed by atoms with Crippen LogP contribution in [0.15, 0.2) is 53.1 Å². The summed E-state index contributed by atoms with van der Waals surface area (Å²) in [5, 5.41) is 0. The van der Waals surface area contributed by atoms with Gasteiger partial charge in [-0.25, -0.2) is 9.69 Å². The molecule has 24 heavy (non-hydrogen) atoms. The van der Waals surface area contributed by atoms with E-state index in [0.717, 1.165) is 25.7 Å². The van der Waals surface area contributed by atoms with Crippen molar-refractivity contribution in [2.24, 2.45) is 0 Å². The quantitative estimate of drug-likeness (QED) is 0.844. The van der Waals surface area contributed by atoms with Crippen LogP contribution in [-0.2, 0) is 0 Å². The summed E-state index contributed by atoms with van der Waals surface area (Å²) in [6.07, 6.45) is 5.42. The molecule has 0 saturated carbocycles. The molecule has 1 aliphatic heterocycles. The maximum absolute atomic E-state index is 13.2. The first-order valence-corrected chi connectivity index (χ1v) is 8.46. The lowest BCUT2D eigenvalue weighted by Crippen LogP contribution is -2.52. The van der Waals surface area contributed by atoms with Crippen molar-refractivity contribution in [2.75, 3.05) is 11.4 Å². The Morgan fingerprint density at radius 1 is 1.17 bits per heavy atom. The van der Waals surface area contributed by atoms with E-state index in [9.17, 15) is 9.59 Å². The van der Waals surface area contributed by atoms with Crippen LogP contribution in [0.3, 0.4) is 0 Å². The molecule has 1 saturated heterocycles. The van der Waals surface area contributed by atoms with Gasteiger partial charge in [-0.3, -0.25) is 4.79 Å². The van der Waals surface area contributed by atoms with Gasteiger partial charge in [0, 0.05) is 12.6 Å². The number of hydrogen-bond acceptors (Lipinski definition) is 3. The maximum atomic E-state index is 13.2. The van der Waals surface area contributed by atoms with Crippen LogP contribution in [0, 0.1) is 0 Å². The third-order valence-electron chi connectivity index (χ3n) is 4.48. The number of piperidine rings is 1. The minimum absolute atomic E-state index is 0.164. The predicted octanol–water partition coefficient (Wildman–Crippen LogP) is 4.31. The van der Waals surface area contributed by atoms with E-state index in [1.807, 2.05) is 23.1 Å². The Balaban J connectivity index is 1.95. The van der Waals surface area contributed by atoms with Crippen LogP contribution >= 0.6 is 0 Å². The van der Waals surface area contributed by atoms with Crippen LogP contribution < -0.4 is 4.90 Å². The number of likely N-dealkylation sites (tertiary alicyclic amines) is 1. The molecule has 2 aromatic rings. The van der Waals surface area contributed by atoms with Crippen molar-refractivity contribution in [3.8, 4) is 0 Å². The minimum Gasteiger partial charge on any atom is -0.459 e. The fraction of sp³-hybridized carbons (Fsp3) is 0.368. The number of benzene rings is 1. The molecule has 5 heteroatoms. The summed E-state index contributed by atoms with van der Waals surface area (Å²) < 4.78 is 5.23. The number of amides is 3. The Labute approximate surface area is 141 Å². The number of imide groups is 1. The highest BCUT2D eigenvalue weighted by Gasteiger charge is 2.34. The lowest BCUT2D eigenvalue weighted by atomic mass is 10.0. The lowest BCUT2D eigenvalue weighted by Gasteiger charge is -2.37. The Morgan fingerprint density at radius 2 is 1.96 bits per heavy atom. The maximum Gasteiger partial charge on any atom is 0.331 e. The Morgan fingerprint density at radius 3 is 2.62 bits per heavy atom. The summed E-state index contributed by atoms with van der Waals surface area (Å²) in [4.78, 5) is 29.1. The molecule has 1 fully saturated rings. The van der Waals surface area contributed by atoms with E-state index < -0.39 is 5.91 Å². The van der Waals surface area contributed by atoms with Gasteiger partial charge in [0.05, 0.1) is 12.0 Å². The topological polar surface area (TPSA) is 53.8 Å². The molecule has 1 atom stereocenters. The number of nitrogens with zero attached hydrogens (tertiary/aromatic N) is 2. The fourth-order valence-corrected chi connectivity index (χ4v) is 3.21. The van der Waals surface area contributed by atoms with E-state index in [0.29, 0.717) is 12.2 Å². The molecule has 0 radical (unpaired) electrons. The predicted molar refractivity (Wildman–Crippen MR) is 92.0 cm³/mol. The summed E-state index contributed by atoms with van der Waals surface area (Å²) in [5.41, 5.74) is 0.560. The second kappa shape index (κ2) is 7.34. The van der Waals surface area contributed by atoms with Crippen molar-refractivity contribution in [3.05, 3.63) is 54.5 Å². The number of urea groups is 1.